The zero-order valence-electron chi connectivity index (χ0n) is 23.9. The van der Waals surface area contributed by atoms with Gasteiger partial charge in [-0.05, 0) is 32.1 Å². The third kappa shape index (κ3) is 16.8. The molecule has 0 radical (unpaired) electrons. The van der Waals surface area contributed by atoms with Crippen LogP contribution in [0.5, 0.6) is 0 Å². The Morgan fingerprint density at radius 2 is 0.912 bits per heavy atom. The Labute approximate surface area is 215 Å². The number of rotatable bonds is 26. The fraction of sp³-hybridized carbons (Fsp3) is 0.906. The molecule has 0 bridgehead atoms. The summed E-state index contributed by atoms with van der Waals surface area (Å²) in [6, 6.07) is 0. The van der Waals surface area contributed by atoms with Gasteiger partial charge in [0, 0.05) is 6.42 Å². The average molecular weight is 476 g/mol. The van der Waals surface area contributed by atoms with Crippen LogP contribution in [0.25, 0.3) is 0 Å². The van der Waals surface area contributed by atoms with Crippen molar-refractivity contribution in [3.8, 4) is 0 Å². The number of aryl methyl sites for hydroxylation is 2. The molecule has 0 N–H and O–H groups in total. The van der Waals surface area contributed by atoms with Crippen molar-refractivity contribution in [3.63, 3.8) is 0 Å². The zero-order chi connectivity index (χ0) is 24.5. The van der Waals surface area contributed by atoms with Gasteiger partial charge in [-0.25, -0.2) is 9.13 Å². The van der Waals surface area contributed by atoms with Gasteiger partial charge in [-0.1, -0.05) is 136 Å². The normalized spacial score (nSPS) is 11.5. The number of hydrogen-bond acceptors (Lipinski definition) is 0. The summed E-state index contributed by atoms with van der Waals surface area (Å²) in [5.74, 6) is 1.60. The van der Waals surface area contributed by atoms with E-state index < -0.39 is 0 Å². The maximum atomic E-state index is 2.60. The molecule has 0 saturated carbocycles. The molecule has 1 aromatic rings. The molecule has 0 aliphatic carbocycles. The van der Waals surface area contributed by atoms with Crippen molar-refractivity contribution < 1.29 is 4.57 Å². The summed E-state index contributed by atoms with van der Waals surface area (Å²) in [4.78, 5) is 0. The van der Waals surface area contributed by atoms with Gasteiger partial charge in [-0.15, -0.1) is 0 Å². The van der Waals surface area contributed by atoms with Crippen molar-refractivity contribution in [1.29, 1.82) is 0 Å². The predicted octanol–water partition coefficient (Wildman–Crippen LogP) is 10.4. The molecule has 200 valence electrons. The van der Waals surface area contributed by atoms with Crippen LogP contribution in [-0.2, 0) is 19.5 Å². The van der Waals surface area contributed by atoms with Gasteiger partial charge in [0.15, 0.2) is 0 Å². The first kappa shape index (κ1) is 31.2. The Balaban J connectivity index is 2.23. The first-order chi connectivity index (χ1) is 16.8. The van der Waals surface area contributed by atoms with Crippen LogP contribution >= 0.6 is 0 Å². The highest BCUT2D eigenvalue weighted by Gasteiger charge is 2.16. The highest BCUT2D eigenvalue weighted by atomic mass is 15.1. The Morgan fingerprint density at radius 1 is 0.500 bits per heavy atom. The molecule has 2 heteroatoms. The second kappa shape index (κ2) is 23.9. The van der Waals surface area contributed by atoms with E-state index in [2.05, 4.69) is 42.3 Å². The summed E-state index contributed by atoms with van der Waals surface area (Å²) in [5.41, 5.74) is 0. The first-order valence-corrected chi connectivity index (χ1v) is 15.9. The monoisotopic (exact) mass is 475 g/mol. The minimum Gasteiger partial charge on any atom is -0.234 e. The highest BCUT2D eigenvalue weighted by molar-refractivity contribution is 4.84. The van der Waals surface area contributed by atoms with Crippen LogP contribution in [0.15, 0.2) is 12.4 Å². The lowest BCUT2D eigenvalue weighted by molar-refractivity contribution is -0.704. The van der Waals surface area contributed by atoms with E-state index in [-0.39, 0.29) is 0 Å². The number of nitrogens with zero attached hydrogens (tertiary/aromatic N) is 2. The van der Waals surface area contributed by atoms with Crippen molar-refractivity contribution in [2.45, 2.75) is 188 Å². The fourth-order valence-electron chi connectivity index (χ4n) is 5.26. The Kier molecular flexibility index (Phi) is 22.0. The van der Waals surface area contributed by atoms with Crippen LogP contribution in [0.2, 0.25) is 0 Å². The molecule has 0 unspecified atom stereocenters. The fourth-order valence-corrected chi connectivity index (χ4v) is 5.26. The number of aromatic nitrogens is 2. The van der Waals surface area contributed by atoms with Crippen molar-refractivity contribution in [1.82, 2.24) is 4.57 Å². The van der Waals surface area contributed by atoms with Gasteiger partial charge in [-0.2, -0.15) is 0 Å². The maximum absolute atomic E-state index is 2.60. The third-order valence-corrected chi connectivity index (χ3v) is 7.60. The van der Waals surface area contributed by atoms with Crippen LogP contribution in [0.3, 0.4) is 0 Å². The molecule has 2 nitrogen and oxygen atoms in total. The summed E-state index contributed by atoms with van der Waals surface area (Å²) in [7, 11) is 0. The van der Waals surface area contributed by atoms with Crippen LogP contribution in [0.4, 0.5) is 0 Å². The van der Waals surface area contributed by atoms with Crippen LogP contribution in [0.1, 0.15) is 174 Å². The van der Waals surface area contributed by atoms with E-state index in [1.54, 1.807) is 5.82 Å². The van der Waals surface area contributed by atoms with E-state index in [9.17, 15) is 0 Å². The first-order valence-electron chi connectivity index (χ1n) is 15.9. The van der Waals surface area contributed by atoms with E-state index in [0.717, 1.165) is 0 Å². The average Bonchev–Trinajstić information content (AvgIpc) is 3.23. The lowest BCUT2D eigenvalue weighted by Crippen LogP contribution is -2.37. The van der Waals surface area contributed by atoms with Crippen LogP contribution in [-0.4, -0.2) is 4.57 Å². The summed E-state index contributed by atoms with van der Waals surface area (Å²) >= 11 is 0. The topological polar surface area (TPSA) is 8.81 Å². The molecule has 0 aromatic carbocycles. The van der Waals surface area contributed by atoms with E-state index in [0.29, 0.717) is 0 Å². The smallest absolute Gasteiger partial charge is 0.234 e. The maximum Gasteiger partial charge on any atom is 0.256 e. The molecule has 0 spiro atoms. The lowest BCUT2D eigenvalue weighted by atomic mass is 10.1. The Hall–Kier alpha value is -0.790. The van der Waals surface area contributed by atoms with E-state index >= 15 is 0 Å². The molecule has 1 aromatic heterocycles. The quantitative estimate of drug-likeness (QED) is 0.0930. The second-order valence-corrected chi connectivity index (χ2v) is 10.9. The van der Waals surface area contributed by atoms with E-state index in [1.165, 1.54) is 167 Å². The van der Waals surface area contributed by atoms with Gasteiger partial charge < -0.3 is 0 Å². The largest absolute Gasteiger partial charge is 0.256 e. The Bertz CT molecular complexity index is 533. The third-order valence-electron chi connectivity index (χ3n) is 7.60. The standard InChI is InChI=1S/C32H63N2/c1-4-7-10-12-14-16-17-18-19-21-23-26-29-34-31-30-33(28-25-9-6-3)32(34)27-24-22-20-15-13-11-8-5-2/h30-31H,4-29H2,1-3H3/q+1. The zero-order valence-corrected chi connectivity index (χ0v) is 23.9. The van der Waals surface area contributed by atoms with Gasteiger partial charge in [0.1, 0.15) is 12.4 Å². The van der Waals surface area contributed by atoms with Crippen LogP contribution < -0.4 is 4.57 Å². The molecule has 0 fully saturated rings. The molecule has 0 saturated heterocycles. The van der Waals surface area contributed by atoms with Gasteiger partial charge in [-0.3, -0.25) is 0 Å². The van der Waals surface area contributed by atoms with Crippen molar-refractivity contribution in [2.24, 2.45) is 0 Å². The minimum atomic E-state index is 1.21. The summed E-state index contributed by atoms with van der Waals surface area (Å²) in [6.45, 7) is 9.36. The summed E-state index contributed by atoms with van der Waals surface area (Å²) in [6.07, 6.45) is 38.5. The molecule has 0 atom stereocenters. The highest BCUT2D eigenvalue weighted by Crippen LogP contribution is 2.14. The van der Waals surface area contributed by atoms with E-state index in [4.69, 9.17) is 0 Å². The number of unbranched alkanes of at least 4 members (excludes halogenated alkanes) is 20. The molecule has 0 aliphatic rings. The second-order valence-electron chi connectivity index (χ2n) is 10.9. The molecule has 0 aliphatic heterocycles. The predicted molar refractivity (Wildman–Crippen MR) is 152 cm³/mol. The number of hydrogen-bond donors (Lipinski definition) is 0. The Morgan fingerprint density at radius 3 is 1.41 bits per heavy atom. The van der Waals surface area contributed by atoms with Crippen molar-refractivity contribution in [2.75, 3.05) is 0 Å². The molecule has 0 amide bonds. The van der Waals surface area contributed by atoms with Gasteiger partial charge in [0.25, 0.3) is 5.82 Å². The van der Waals surface area contributed by atoms with Crippen LogP contribution in [0, 0.1) is 0 Å². The molecular weight excluding hydrogens is 412 g/mol. The number of imidazole rings is 1. The molecule has 34 heavy (non-hydrogen) atoms. The SMILES string of the molecule is CCCCCCCCCCCCCCn1cc[n+](CCCCC)c1CCCCCCCCCC. The lowest BCUT2D eigenvalue weighted by Gasteiger charge is -2.07. The van der Waals surface area contributed by atoms with Crippen molar-refractivity contribution >= 4 is 0 Å². The van der Waals surface area contributed by atoms with Gasteiger partial charge >= 0.3 is 0 Å². The minimum absolute atomic E-state index is 1.21. The summed E-state index contributed by atoms with van der Waals surface area (Å²) in [5, 5.41) is 0. The molecule has 1 rings (SSSR count). The molecule has 1 heterocycles. The van der Waals surface area contributed by atoms with E-state index in [1.807, 2.05) is 0 Å². The summed E-state index contributed by atoms with van der Waals surface area (Å²) < 4.78 is 5.18. The van der Waals surface area contributed by atoms with Gasteiger partial charge in [0.2, 0.25) is 0 Å². The molecular formula is C32H63N2+. The van der Waals surface area contributed by atoms with Gasteiger partial charge in [0.05, 0.1) is 13.1 Å². The van der Waals surface area contributed by atoms with Crippen molar-refractivity contribution in [3.05, 3.63) is 18.2 Å².